The molecule has 2 fully saturated rings. The maximum absolute atomic E-state index is 11.8. The lowest BCUT2D eigenvalue weighted by Crippen LogP contribution is -2.34. The second-order valence-electron chi connectivity index (χ2n) is 4.26. The molecule has 2 aliphatic rings. The van der Waals surface area contributed by atoms with Crippen LogP contribution in [0.5, 0.6) is 0 Å². The monoisotopic (exact) mass is 299 g/mol. The summed E-state index contributed by atoms with van der Waals surface area (Å²) in [5, 5.41) is 0.352. The van der Waals surface area contributed by atoms with Gasteiger partial charge in [-0.2, -0.15) is 0 Å². The van der Waals surface area contributed by atoms with E-state index in [0.717, 1.165) is 11.8 Å². The maximum atomic E-state index is 11.8. The van der Waals surface area contributed by atoms with Crippen molar-refractivity contribution in [1.29, 1.82) is 0 Å². The molecule has 0 radical (unpaired) electrons. The van der Waals surface area contributed by atoms with Crippen molar-refractivity contribution in [2.24, 2.45) is 4.99 Å². The molecule has 3 amide bonds. The summed E-state index contributed by atoms with van der Waals surface area (Å²) in [6.45, 7) is 0. The summed E-state index contributed by atoms with van der Waals surface area (Å²) < 4.78 is 0. The van der Waals surface area contributed by atoms with E-state index in [0.29, 0.717) is 10.2 Å². The Morgan fingerprint density at radius 3 is 2.45 bits per heavy atom. The lowest BCUT2D eigenvalue weighted by Gasteiger charge is -2.13. The molecule has 8 nitrogen and oxygen atoms in total. The molecule has 0 aromatic carbocycles. The van der Waals surface area contributed by atoms with Crippen LogP contribution in [0.3, 0.4) is 0 Å². The zero-order chi connectivity index (χ0) is 14.9. The molecule has 1 atom stereocenters. The third-order valence-electron chi connectivity index (χ3n) is 2.88. The van der Waals surface area contributed by atoms with Crippen molar-refractivity contribution in [3.05, 3.63) is 0 Å². The van der Waals surface area contributed by atoms with Gasteiger partial charge >= 0.3 is 5.97 Å². The number of hydrogen-bond acceptors (Lipinski definition) is 7. The van der Waals surface area contributed by atoms with Crippen molar-refractivity contribution in [2.45, 2.75) is 24.5 Å². The number of thioether (sulfide) groups is 1. The number of hydroxylamine groups is 2. The van der Waals surface area contributed by atoms with Crippen LogP contribution in [0.1, 0.15) is 19.3 Å². The van der Waals surface area contributed by atoms with E-state index in [4.69, 9.17) is 4.84 Å². The molecule has 2 saturated heterocycles. The quantitative estimate of drug-likeness (QED) is 0.654. The number of aliphatic imine (C=N–C) groups is 1. The maximum Gasteiger partial charge on any atom is 0.334 e. The Hall–Kier alpha value is -1.90. The fraction of sp³-hybridized carbons (Fsp3) is 0.545. The summed E-state index contributed by atoms with van der Waals surface area (Å²) in [5.41, 5.74) is 0. The molecule has 108 valence electrons. The first kappa shape index (κ1) is 14.5. The molecule has 2 aliphatic heterocycles. The van der Waals surface area contributed by atoms with E-state index in [-0.39, 0.29) is 25.2 Å². The molecule has 0 bridgehead atoms. The van der Waals surface area contributed by atoms with Gasteiger partial charge in [-0.1, -0.05) is 11.8 Å². The average molecular weight is 299 g/mol. The Bertz CT molecular complexity index is 502. The van der Waals surface area contributed by atoms with Gasteiger partial charge in [0.15, 0.2) is 5.17 Å². The van der Waals surface area contributed by atoms with Crippen molar-refractivity contribution < 1.29 is 24.0 Å². The molecule has 0 spiro atoms. The molecule has 1 unspecified atom stereocenters. The van der Waals surface area contributed by atoms with E-state index in [1.807, 2.05) is 0 Å². The topological polar surface area (TPSA) is 96.3 Å². The number of carbonyl (C=O) groups excluding carboxylic acids is 4. The van der Waals surface area contributed by atoms with E-state index in [1.165, 1.54) is 4.90 Å². The van der Waals surface area contributed by atoms with E-state index >= 15 is 0 Å². The summed E-state index contributed by atoms with van der Waals surface area (Å²) in [5.74, 6) is -2.12. The van der Waals surface area contributed by atoms with Crippen LogP contribution in [-0.4, -0.2) is 58.2 Å². The summed E-state index contributed by atoms with van der Waals surface area (Å²) in [6, 6.07) is 0. The van der Waals surface area contributed by atoms with Crippen molar-refractivity contribution in [2.75, 3.05) is 14.1 Å². The van der Waals surface area contributed by atoms with Gasteiger partial charge in [0.2, 0.25) is 5.91 Å². The molecule has 0 N–H and O–H groups in total. The van der Waals surface area contributed by atoms with E-state index in [2.05, 4.69) is 4.99 Å². The zero-order valence-corrected chi connectivity index (χ0v) is 11.8. The van der Waals surface area contributed by atoms with E-state index in [1.54, 1.807) is 14.1 Å². The summed E-state index contributed by atoms with van der Waals surface area (Å²) in [6.07, 6.45) is -0.138. The van der Waals surface area contributed by atoms with E-state index in [9.17, 15) is 19.2 Å². The van der Waals surface area contributed by atoms with Crippen LogP contribution < -0.4 is 0 Å². The molecule has 2 rings (SSSR count). The highest BCUT2D eigenvalue weighted by Crippen LogP contribution is 2.28. The Morgan fingerprint density at radius 1 is 1.35 bits per heavy atom. The fourth-order valence-corrected chi connectivity index (χ4v) is 2.93. The highest BCUT2D eigenvalue weighted by molar-refractivity contribution is 8.15. The lowest BCUT2D eigenvalue weighted by molar-refractivity contribution is -0.197. The van der Waals surface area contributed by atoms with Gasteiger partial charge in [0.25, 0.3) is 11.8 Å². The number of carbonyl (C=O) groups is 4. The third kappa shape index (κ3) is 2.67. The summed E-state index contributed by atoms with van der Waals surface area (Å²) in [7, 11) is 3.12. The molecule has 0 saturated carbocycles. The Morgan fingerprint density at radius 2 is 1.95 bits per heavy atom. The minimum absolute atomic E-state index is 0.0403. The van der Waals surface area contributed by atoms with Crippen LogP contribution in [0.25, 0.3) is 0 Å². The van der Waals surface area contributed by atoms with Crippen molar-refractivity contribution in [1.82, 2.24) is 9.96 Å². The molecular formula is C11H13N3O5S. The SMILES string of the molecule is CN=C1SC(CC(=O)ON2C(=O)CCC2=O)C(=O)N1C. The van der Waals surface area contributed by atoms with Gasteiger partial charge in [0, 0.05) is 26.9 Å². The highest BCUT2D eigenvalue weighted by Gasteiger charge is 2.39. The highest BCUT2D eigenvalue weighted by atomic mass is 32.2. The molecule has 0 aromatic heterocycles. The normalized spacial score (nSPS) is 25.0. The van der Waals surface area contributed by atoms with Crippen molar-refractivity contribution >= 4 is 40.6 Å². The van der Waals surface area contributed by atoms with Gasteiger partial charge in [-0.15, -0.1) is 5.06 Å². The van der Waals surface area contributed by atoms with Crippen LogP contribution in [0.4, 0.5) is 0 Å². The van der Waals surface area contributed by atoms with Gasteiger partial charge < -0.3 is 4.84 Å². The molecule has 2 heterocycles. The lowest BCUT2D eigenvalue weighted by atomic mass is 10.3. The number of hydrogen-bond donors (Lipinski definition) is 0. The van der Waals surface area contributed by atoms with Gasteiger partial charge in [-0.05, 0) is 0 Å². The smallest absolute Gasteiger partial charge is 0.330 e. The van der Waals surface area contributed by atoms with E-state index < -0.39 is 23.0 Å². The number of amidine groups is 1. The first-order valence-corrected chi connectivity index (χ1v) is 6.79. The minimum atomic E-state index is -0.787. The molecule has 9 heteroatoms. The van der Waals surface area contributed by atoms with Crippen molar-refractivity contribution in [3.8, 4) is 0 Å². The van der Waals surface area contributed by atoms with Crippen LogP contribution in [0.15, 0.2) is 4.99 Å². The first-order chi connectivity index (χ1) is 9.43. The third-order valence-corrected chi connectivity index (χ3v) is 4.20. The zero-order valence-electron chi connectivity index (χ0n) is 11.0. The van der Waals surface area contributed by atoms with Crippen LogP contribution >= 0.6 is 11.8 Å². The largest absolute Gasteiger partial charge is 0.334 e. The molecular weight excluding hydrogens is 286 g/mol. The standard InChI is InChI=1S/C11H13N3O5S/c1-12-11-13(2)10(18)6(20-11)5-9(17)19-14-7(15)3-4-8(14)16/h6H,3-5H2,1-2H3. The van der Waals surface area contributed by atoms with Gasteiger partial charge in [0.05, 0.1) is 6.42 Å². The number of nitrogens with zero attached hydrogens (tertiary/aromatic N) is 3. The second kappa shape index (κ2) is 5.61. The second-order valence-corrected chi connectivity index (χ2v) is 5.43. The minimum Gasteiger partial charge on any atom is -0.330 e. The molecule has 20 heavy (non-hydrogen) atoms. The Kier molecular flexibility index (Phi) is 4.07. The number of amides is 3. The molecule has 0 aliphatic carbocycles. The van der Waals surface area contributed by atoms with Gasteiger partial charge in [-0.25, -0.2) is 4.79 Å². The van der Waals surface area contributed by atoms with Crippen LogP contribution in [-0.2, 0) is 24.0 Å². The van der Waals surface area contributed by atoms with Crippen molar-refractivity contribution in [3.63, 3.8) is 0 Å². The number of imide groups is 1. The predicted molar refractivity (Wildman–Crippen MR) is 69.3 cm³/mol. The van der Waals surface area contributed by atoms with Crippen LogP contribution in [0.2, 0.25) is 0 Å². The first-order valence-electron chi connectivity index (χ1n) is 5.91. The number of rotatable bonds is 3. The average Bonchev–Trinajstić information content (AvgIpc) is 2.86. The fourth-order valence-electron chi connectivity index (χ4n) is 1.85. The van der Waals surface area contributed by atoms with Crippen LogP contribution in [0, 0.1) is 0 Å². The summed E-state index contributed by atoms with van der Waals surface area (Å²) in [4.78, 5) is 56.1. The van der Waals surface area contributed by atoms with Gasteiger partial charge in [-0.3, -0.25) is 24.3 Å². The summed E-state index contributed by atoms with van der Waals surface area (Å²) >= 11 is 1.15. The Labute approximate surface area is 119 Å². The van der Waals surface area contributed by atoms with Gasteiger partial charge in [0.1, 0.15) is 5.25 Å². The molecule has 0 aromatic rings. The Balaban J connectivity index is 1.94. The predicted octanol–water partition coefficient (Wildman–Crippen LogP) is -0.457.